The molecule has 0 bridgehead atoms. The summed E-state index contributed by atoms with van der Waals surface area (Å²) in [5.41, 5.74) is 1.07. The van der Waals surface area contributed by atoms with Gasteiger partial charge in [-0.25, -0.2) is 0 Å². The Morgan fingerprint density at radius 2 is 1.73 bits per heavy atom. The summed E-state index contributed by atoms with van der Waals surface area (Å²) in [6.07, 6.45) is 4.06. The van der Waals surface area contributed by atoms with E-state index in [9.17, 15) is 0 Å². The quantitative estimate of drug-likeness (QED) is 0.627. The minimum absolute atomic E-state index is 0.110. The fourth-order valence-corrected chi connectivity index (χ4v) is 1.24. The van der Waals surface area contributed by atoms with Gasteiger partial charge in [-0.3, -0.25) is 0 Å². The van der Waals surface area contributed by atoms with E-state index in [4.69, 9.17) is 5.11 Å². The van der Waals surface area contributed by atoms with Crippen LogP contribution in [0.5, 0.6) is 0 Å². The first kappa shape index (κ1) is 6.62. The lowest BCUT2D eigenvalue weighted by Crippen LogP contribution is -2.13. The van der Waals surface area contributed by atoms with E-state index in [0.717, 1.165) is 0 Å². The summed E-state index contributed by atoms with van der Waals surface area (Å²) in [5, 5.41) is 9.05. The van der Waals surface area contributed by atoms with Gasteiger partial charge in [0, 0.05) is 0 Å². The monoisotopic (exact) mass is 146 g/mol. The van der Waals surface area contributed by atoms with E-state index in [1.807, 2.05) is 42.5 Å². The van der Waals surface area contributed by atoms with Crippen molar-refractivity contribution in [2.75, 3.05) is 6.61 Å². The van der Waals surface area contributed by atoms with Crippen LogP contribution in [0.15, 0.2) is 42.5 Å². The Bertz CT molecular complexity index is 268. The third-order valence-electron chi connectivity index (χ3n) is 2.14. The van der Waals surface area contributed by atoms with Gasteiger partial charge >= 0.3 is 0 Å². The van der Waals surface area contributed by atoms with Crippen molar-refractivity contribution in [3.8, 4) is 0 Å². The third-order valence-corrected chi connectivity index (χ3v) is 2.14. The van der Waals surface area contributed by atoms with E-state index in [2.05, 4.69) is 0 Å². The second-order valence-electron chi connectivity index (χ2n) is 2.90. The summed E-state index contributed by atoms with van der Waals surface area (Å²) in [5.74, 6) is 0. The molecule has 0 amide bonds. The molecule has 0 radical (unpaired) electrons. The van der Waals surface area contributed by atoms with Crippen molar-refractivity contribution < 1.29 is 5.11 Å². The summed E-state index contributed by atoms with van der Waals surface area (Å²) >= 11 is 0. The van der Waals surface area contributed by atoms with Crippen LogP contribution >= 0.6 is 0 Å². The highest BCUT2D eigenvalue weighted by Gasteiger charge is 2.34. The zero-order valence-electron chi connectivity index (χ0n) is 6.20. The Hall–Kier alpha value is -1.08. The molecule has 0 aliphatic heterocycles. The summed E-state index contributed by atoms with van der Waals surface area (Å²) in [6, 6.07) is 10.0. The van der Waals surface area contributed by atoms with Gasteiger partial charge < -0.3 is 5.11 Å². The standard InChI is InChI=1S/C10H10O/c11-8-10(6-7-10)9-4-2-1-3-5-9/h1-7,11H,8H2. The van der Waals surface area contributed by atoms with Crippen LogP contribution < -0.4 is 0 Å². The molecule has 1 aliphatic carbocycles. The molecule has 1 N–H and O–H groups in total. The summed E-state index contributed by atoms with van der Waals surface area (Å²) in [6.45, 7) is 0.191. The molecule has 1 aromatic rings. The van der Waals surface area contributed by atoms with Gasteiger partial charge in [0.25, 0.3) is 0 Å². The van der Waals surface area contributed by atoms with Crippen molar-refractivity contribution in [2.24, 2.45) is 0 Å². The first-order valence-corrected chi connectivity index (χ1v) is 3.74. The Balaban J connectivity index is 2.30. The molecular weight excluding hydrogens is 136 g/mol. The molecule has 0 aromatic heterocycles. The topological polar surface area (TPSA) is 20.2 Å². The number of hydrogen-bond donors (Lipinski definition) is 1. The SMILES string of the molecule is OCC1(c2ccccc2)C=C1. The van der Waals surface area contributed by atoms with Crippen molar-refractivity contribution in [3.63, 3.8) is 0 Å². The van der Waals surface area contributed by atoms with Crippen LogP contribution in [0.25, 0.3) is 0 Å². The van der Waals surface area contributed by atoms with Crippen LogP contribution in [-0.2, 0) is 5.41 Å². The van der Waals surface area contributed by atoms with E-state index >= 15 is 0 Å². The fraction of sp³-hybridized carbons (Fsp3) is 0.200. The normalized spacial score (nSPS) is 18.3. The van der Waals surface area contributed by atoms with Crippen molar-refractivity contribution in [2.45, 2.75) is 5.41 Å². The van der Waals surface area contributed by atoms with Crippen LogP contribution in [0.1, 0.15) is 5.56 Å². The lowest BCUT2D eigenvalue weighted by atomic mass is 9.95. The largest absolute Gasteiger partial charge is 0.395 e. The minimum atomic E-state index is -0.110. The van der Waals surface area contributed by atoms with Crippen molar-refractivity contribution in [1.29, 1.82) is 0 Å². The molecule has 56 valence electrons. The molecular formula is C10H10O. The highest BCUT2D eigenvalue weighted by atomic mass is 16.3. The maximum Gasteiger partial charge on any atom is 0.0597 e. The molecule has 0 spiro atoms. The van der Waals surface area contributed by atoms with E-state index < -0.39 is 0 Å². The van der Waals surface area contributed by atoms with Gasteiger partial charge in [-0.1, -0.05) is 42.5 Å². The van der Waals surface area contributed by atoms with Gasteiger partial charge in [-0.15, -0.1) is 0 Å². The van der Waals surface area contributed by atoms with Gasteiger partial charge in [0.05, 0.1) is 12.0 Å². The molecule has 0 saturated carbocycles. The van der Waals surface area contributed by atoms with Crippen LogP contribution in [0.2, 0.25) is 0 Å². The lowest BCUT2D eigenvalue weighted by molar-refractivity contribution is 0.267. The summed E-state index contributed by atoms with van der Waals surface area (Å²) in [7, 11) is 0. The second kappa shape index (κ2) is 2.21. The highest BCUT2D eigenvalue weighted by Crippen LogP contribution is 2.37. The summed E-state index contributed by atoms with van der Waals surface area (Å²) < 4.78 is 0. The third kappa shape index (κ3) is 0.976. The Labute approximate surface area is 66.0 Å². The van der Waals surface area contributed by atoms with Gasteiger partial charge in [0.15, 0.2) is 0 Å². The predicted octanol–water partition coefficient (Wildman–Crippen LogP) is 1.49. The Morgan fingerprint density at radius 3 is 2.18 bits per heavy atom. The van der Waals surface area contributed by atoms with Crippen LogP contribution in [0, 0.1) is 0 Å². The fourth-order valence-electron chi connectivity index (χ4n) is 1.24. The first-order chi connectivity index (χ1) is 5.37. The molecule has 0 atom stereocenters. The Morgan fingerprint density at radius 1 is 1.09 bits per heavy atom. The number of hydrogen-bond acceptors (Lipinski definition) is 1. The zero-order chi connectivity index (χ0) is 7.73. The molecule has 1 aliphatic rings. The average molecular weight is 146 g/mol. The molecule has 0 fully saturated rings. The molecule has 2 rings (SSSR count). The molecule has 0 unspecified atom stereocenters. The van der Waals surface area contributed by atoms with Crippen molar-refractivity contribution in [1.82, 2.24) is 0 Å². The number of rotatable bonds is 2. The molecule has 11 heavy (non-hydrogen) atoms. The van der Waals surface area contributed by atoms with Gasteiger partial charge in [0.2, 0.25) is 0 Å². The first-order valence-electron chi connectivity index (χ1n) is 3.74. The number of aliphatic hydroxyl groups is 1. The Kier molecular flexibility index (Phi) is 1.33. The highest BCUT2D eigenvalue weighted by molar-refractivity contribution is 5.47. The lowest BCUT2D eigenvalue weighted by Gasteiger charge is -2.11. The van der Waals surface area contributed by atoms with E-state index in [1.165, 1.54) is 5.56 Å². The van der Waals surface area contributed by atoms with E-state index in [-0.39, 0.29) is 12.0 Å². The maximum absolute atomic E-state index is 9.05. The van der Waals surface area contributed by atoms with Crippen LogP contribution in [0.4, 0.5) is 0 Å². The molecule has 1 nitrogen and oxygen atoms in total. The zero-order valence-corrected chi connectivity index (χ0v) is 6.20. The summed E-state index contributed by atoms with van der Waals surface area (Å²) in [4.78, 5) is 0. The van der Waals surface area contributed by atoms with Gasteiger partial charge in [0.1, 0.15) is 0 Å². The number of aliphatic hydroxyl groups excluding tert-OH is 1. The molecule has 1 heteroatoms. The van der Waals surface area contributed by atoms with Crippen molar-refractivity contribution in [3.05, 3.63) is 48.0 Å². The van der Waals surface area contributed by atoms with Crippen LogP contribution in [-0.4, -0.2) is 11.7 Å². The minimum Gasteiger partial charge on any atom is -0.395 e. The smallest absolute Gasteiger partial charge is 0.0597 e. The molecule has 1 aromatic carbocycles. The molecule has 0 saturated heterocycles. The van der Waals surface area contributed by atoms with E-state index in [1.54, 1.807) is 0 Å². The average Bonchev–Trinajstić information content (AvgIpc) is 2.86. The van der Waals surface area contributed by atoms with Gasteiger partial charge in [-0.05, 0) is 5.56 Å². The van der Waals surface area contributed by atoms with Crippen LogP contribution in [0.3, 0.4) is 0 Å². The van der Waals surface area contributed by atoms with E-state index in [0.29, 0.717) is 0 Å². The maximum atomic E-state index is 9.05. The van der Waals surface area contributed by atoms with Gasteiger partial charge in [-0.2, -0.15) is 0 Å². The second-order valence-corrected chi connectivity index (χ2v) is 2.90. The number of benzene rings is 1. The molecule has 0 heterocycles. The van der Waals surface area contributed by atoms with Crippen molar-refractivity contribution >= 4 is 0 Å². The predicted molar refractivity (Wildman–Crippen MR) is 44.3 cm³/mol.